The third kappa shape index (κ3) is 3.00. The summed E-state index contributed by atoms with van der Waals surface area (Å²) in [5.74, 6) is 0.429. The Balaban J connectivity index is 1.59. The standard InChI is InChI=1S/C20H28N4O2/c1-14-16-5-6-17(21-18(16)23(3)22-14)20(2)9-4-10-24(13-20)19(25)15-7-11-26-12-8-15/h5-6,15H,4,7-13H2,1-3H3. The van der Waals surface area contributed by atoms with Crippen LogP contribution in [0.25, 0.3) is 11.0 Å². The van der Waals surface area contributed by atoms with Gasteiger partial charge in [-0.2, -0.15) is 5.10 Å². The maximum Gasteiger partial charge on any atom is 0.225 e. The van der Waals surface area contributed by atoms with Crippen molar-refractivity contribution in [2.75, 3.05) is 26.3 Å². The van der Waals surface area contributed by atoms with E-state index in [0.717, 1.165) is 61.2 Å². The molecule has 140 valence electrons. The number of pyridine rings is 1. The van der Waals surface area contributed by atoms with Gasteiger partial charge in [-0.3, -0.25) is 9.48 Å². The third-order valence-corrected chi connectivity index (χ3v) is 6.07. The van der Waals surface area contributed by atoms with Gasteiger partial charge in [0.2, 0.25) is 5.91 Å². The van der Waals surface area contributed by atoms with Gasteiger partial charge in [0.05, 0.1) is 11.4 Å². The molecule has 2 aliphatic heterocycles. The van der Waals surface area contributed by atoms with Crippen molar-refractivity contribution in [2.24, 2.45) is 13.0 Å². The molecular formula is C20H28N4O2. The second kappa shape index (κ2) is 6.65. The van der Waals surface area contributed by atoms with Crippen LogP contribution in [0.15, 0.2) is 12.1 Å². The van der Waals surface area contributed by atoms with Crippen LogP contribution in [0.3, 0.4) is 0 Å². The van der Waals surface area contributed by atoms with E-state index in [1.54, 1.807) is 0 Å². The van der Waals surface area contributed by atoms with Crippen molar-refractivity contribution in [1.82, 2.24) is 19.7 Å². The van der Waals surface area contributed by atoms with Crippen LogP contribution in [0.2, 0.25) is 0 Å². The molecule has 2 fully saturated rings. The molecule has 0 saturated carbocycles. The Morgan fingerprint density at radius 1 is 1.31 bits per heavy atom. The number of aryl methyl sites for hydroxylation is 2. The third-order valence-electron chi connectivity index (χ3n) is 6.07. The Bertz CT molecular complexity index is 825. The van der Waals surface area contributed by atoms with Crippen LogP contribution in [0.1, 0.15) is 44.0 Å². The molecule has 4 rings (SSSR count). The molecule has 2 aromatic heterocycles. The Labute approximate surface area is 154 Å². The molecule has 2 aliphatic rings. The molecule has 6 nitrogen and oxygen atoms in total. The fourth-order valence-corrected chi connectivity index (χ4v) is 4.48. The number of rotatable bonds is 2. The summed E-state index contributed by atoms with van der Waals surface area (Å²) in [5.41, 5.74) is 2.89. The first-order chi connectivity index (χ1) is 12.5. The number of amides is 1. The molecule has 2 aromatic rings. The van der Waals surface area contributed by atoms with Crippen molar-refractivity contribution >= 4 is 16.9 Å². The molecule has 0 aliphatic carbocycles. The fraction of sp³-hybridized carbons (Fsp3) is 0.650. The van der Waals surface area contributed by atoms with Crippen LogP contribution >= 0.6 is 0 Å². The molecule has 0 radical (unpaired) electrons. The molecule has 1 atom stereocenters. The Kier molecular flexibility index (Phi) is 4.47. The first kappa shape index (κ1) is 17.5. The van der Waals surface area contributed by atoms with E-state index in [9.17, 15) is 4.79 Å². The van der Waals surface area contributed by atoms with Crippen LogP contribution in [-0.2, 0) is 22.0 Å². The Morgan fingerprint density at radius 3 is 2.85 bits per heavy atom. The van der Waals surface area contributed by atoms with Gasteiger partial charge in [0.1, 0.15) is 0 Å². The predicted molar refractivity (Wildman–Crippen MR) is 100.0 cm³/mol. The maximum atomic E-state index is 13.0. The Morgan fingerprint density at radius 2 is 2.08 bits per heavy atom. The minimum Gasteiger partial charge on any atom is -0.381 e. The molecule has 0 bridgehead atoms. The molecule has 4 heterocycles. The molecule has 26 heavy (non-hydrogen) atoms. The van der Waals surface area contributed by atoms with E-state index < -0.39 is 0 Å². The van der Waals surface area contributed by atoms with Gasteiger partial charge in [-0.1, -0.05) is 6.92 Å². The van der Waals surface area contributed by atoms with Crippen LogP contribution in [0.4, 0.5) is 0 Å². The average molecular weight is 356 g/mol. The summed E-state index contributed by atoms with van der Waals surface area (Å²) in [7, 11) is 1.94. The minimum atomic E-state index is -0.106. The van der Waals surface area contributed by atoms with Gasteiger partial charge in [0.15, 0.2) is 5.65 Å². The summed E-state index contributed by atoms with van der Waals surface area (Å²) < 4.78 is 7.27. The quantitative estimate of drug-likeness (QED) is 0.830. The topological polar surface area (TPSA) is 60.2 Å². The molecule has 1 amide bonds. The number of hydrogen-bond acceptors (Lipinski definition) is 4. The summed E-state index contributed by atoms with van der Waals surface area (Å²) in [6, 6.07) is 4.25. The van der Waals surface area contributed by atoms with Crippen molar-refractivity contribution in [2.45, 2.75) is 44.9 Å². The summed E-state index contributed by atoms with van der Waals surface area (Å²) in [4.78, 5) is 20.0. The number of carbonyl (C=O) groups excluding carboxylic acids is 1. The van der Waals surface area contributed by atoms with Gasteiger partial charge in [-0.25, -0.2) is 4.98 Å². The van der Waals surface area contributed by atoms with E-state index in [1.165, 1.54) is 0 Å². The number of hydrogen-bond donors (Lipinski definition) is 0. The number of aromatic nitrogens is 3. The van der Waals surface area contributed by atoms with E-state index in [2.05, 4.69) is 29.1 Å². The van der Waals surface area contributed by atoms with Gasteiger partial charge in [-0.05, 0) is 44.7 Å². The van der Waals surface area contributed by atoms with Crippen molar-refractivity contribution < 1.29 is 9.53 Å². The van der Waals surface area contributed by atoms with Crippen LogP contribution < -0.4 is 0 Å². The normalized spacial score (nSPS) is 25.0. The van der Waals surface area contributed by atoms with Crippen molar-refractivity contribution in [3.63, 3.8) is 0 Å². The average Bonchev–Trinajstić information content (AvgIpc) is 2.95. The number of ether oxygens (including phenoxy) is 1. The summed E-state index contributed by atoms with van der Waals surface area (Å²) in [6.07, 6.45) is 3.78. The number of piperidine rings is 1. The summed E-state index contributed by atoms with van der Waals surface area (Å²) in [5, 5.41) is 5.58. The van der Waals surface area contributed by atoms with E-state index in [0.29, 0.717) is 19.1 Å². The van der Waals surface area contributed by atoms with Crippen molar-refractivity contribution in [1.29, 1.82) is 0 Å². The highest BCUT2D eigenvalue weighted by Gasteiger charge is 2.38. The molecule has 1 unspecified atom stereocenters. The van der Waals surface area contributed by atoms with E-state index in [1.807, 2.05) is 18.7 Å². The number of fused-ring (bicyclic) bond motifs is 1. The van der Waals surface area contributed by atoms with Crippen LogP contribution in [0.5, 0.6) is 0 Å². The summed E-state index contributed by atoms with van der Waals surface area (Å²) >= 11 is 0. The molecular weight excluding hydrogens is 328 g/mol. The highest BCUT2D eigenvalue weighted by molar-refractivity contribution is 5.80. The number of likely N-dealkylation sites (tertiary alicyclic amines) is 1. The number of carbonyl (C=O) groups is 1. The van der Waals surface area contributed by atoms with E-state index in [-0.39, 0.29) is 11.3 Å². The summed E-state index contributed by atoms with van der Waals surface area (Å²) in [6.45, 7) is 7.28. The first-order valence-corrected chi connectivity index (χ1v) is 9.65. The highest BCUT2D eigenvalue weighted by atomic mass is 16.5. The lowest BCUT2D eigenvalue weighted by Gasteiger charge is -2.41. The van der Waals surface area contributed by atoms with E-state index in [4.69, 9.17) is 9.72 Å². The monoisotopic (exact) mass is 356 g/mol. The SMILES string of the molecule is Cc1nn(C)c2nc(C3(C)CCCN(C(=O)C4CCOCC4)C3)ccc12. The van der Waals surface area contributed by atoms with Crippen LogP contribution in [0, 0.1) is 12.8 Å². The smallest absolute Gasteiger partial charge is 0.225 e. The zero-order valence-electron chi connectivity index (χ0n) is 16.0. The van der Waals surface area contributed by atoms with Gasteiger partial charge in [0, 0.05) is 50.1 Å². The molecule has 0 N–H and O–H groups in total. The number of nitrogens with zero attached hydrogens (tertiary/aromatic N) is 4. The largest absolute Gasteiger partial charge is 0.381 e. The zero-order valence-corrected chi connectivity index (χ0v) is 16.0. The maximum absolute atomic E-state index is 13.0. The lowest BCUT2D eigenvalue weighted by molar-refractivity contribution is -0.140. The molecule has 0 spiro atoms. The lowest BCUT2D eigenvalue weighted by Crippen LogP contribution is -2.49. The van der Waals surface area contributed by atoms with Crippen molar-refractivity contribution in [3.8, 4) is 0 Å². The Hall–Kier alpha value is -1.95. The van der Waals surface area contributed by atoms with E-state index >= 15 is 0 Å². The van der Waals surface area contributed by atoms with Crippen LogP contribution in [-0.4, -0.2) is 51.9 Å². The first-order valence-electron chi connectivity index (χ1n) is 9.65. The molecule has 6 heteroatoms. The second-order valence-corrected chi connectivity index (χ2v) is 8.09. The second-order valence-electron chi connectivity index (χ2n) is 8.09. The van der Waals surface area contributed by atoms with Gasteiger partial charge in [0.25, 0.3) is 0 Å². The highest BCUT2D eigenvalue weighted by Crippen LogP contribution is 2.35. The van der Waals surface area contributed by atoms with Gasteiger partial charge >= 0.3 is 0 Å². The molecule has 0 aromatic carbocycles. The fourth-order valence-electron chi connectivity index (χ4n) is 4.48. The lowest BCUT2D eigenvalue weighted by atomic mass is 9.78. The van der Waals surface area contributed by atoms with Crippen molar-refractivity contribution in [3.05, 3.63) is 23.5 Å². The van der Waals surface area contributed by atoms with Gasteiger partial charge < -0.3 is 9.64 Å². The zero-order chi connectivity index (χ0) is 18.3. The molecule has 2 saturated heterocycles. The minimum absolute atomic E-state index is 0.106. The predicted octanol–water partition coefficient (Wildman–Crippen LogP) is 2.58. The van der Waals surface area contributed by atoms with Gasteiger partial charge in [-0.15, -0.1) is 0 Å².